The van der Waals surface area contributed by atoms with Gasteiger partial charge in [0.15, 0.2) is 0 Å². The Labute approximate surface area is 119 Å². The van der Waals surface area contributed by atoms with Gasteiger partial charge in [-0.1, -0.05) is 30.3 Å². The van der Waals surface area contributed by atoms with E-state index in [1.54, 1.807) is 0 Å². The summed E-state index contributed by atoms with van der Waals surface area (Å²) in [5.74, 6) is 0.118. The van der Waals surface area contributed by atoms with E-state index < -0.39 is 0 Å². The average molecular weight is 281 g/mol. The molecule has 0 amide bonds. The maximum absolute atomic E-state index is 9.53. The first-order valence-electron chi connectivity index (χ1n) is 6.66. The first kappa shape index (κ1) is 14.4. The number of aliphatic hydroxyl groups is 1. The number of nitrogens with zero attached hydrogens (tertiary/aromatic N) is 1. The topological polar surface area (TPSA) is 49.5 Å². The number of piperidine rings is 1. The zero-order chi connectivity index (χ0) is 13.8. The SMILES string of the molecule is C=C(N)[C@H](CN1CCC(O)CC1)c1ccc(Cl)cc1. The van der Waals surface area contributed by atoms with Crippen LogP contribution in [0.2, 0.25) is 5.02 Å². The van der Waals surface area contributed by atoms with Crippen LogP contribution in [0.15, 0.2) is 36.5 Å². The fourth-order valence-electron chi connectivity index (χ4n) is 2.49. The van der Waals surface area contributed by atoms with Crippen LogP contribution in [0, 0.1) is 0 Å². The summed E-state index contributed by atoms with van der Waals surface area (Å²) in [6.45, 7) is 6.58. The van der Waals surface area contributed by atoms with Gasteiger partial charge in [-0.3, -0.25) is 0 Å². The number of likely N-dealkylation sites (tertiary alicyclic amines) is 1. The number of halogens is 1. The summed E-state index contributed by atoms with van der Waals surface area (Å²) < 4.78 is 0. The Hall–Kier alpha value is -1.03. The Bertz CT molecular complexity index is 424. The number of benzene rings is 1. The van der Waals surface area contributed by atoms with Gasteiger partial charge in [0.1, 0.15) is 0 Å². The Morgan fingerprint density at radius 2 is 1.95 bits per heavy atom. The lowest BCUT2D eigenvalue weighted by molar-refractivity contribution is 0.0810. The van der Waals surface area contributed by atoms with E-state index >= 15 is 0 Å². The summed E-state index contributed by atoms with van der Waals surface area (Å²) in [4.78, 5) is 2.34. The lowest BCUT2D eigenvalue weighted by Crippen LogP contribution is -2.39. The Balaban J connectivity index is 2.04. The predicted octanol–water partition coefficient (Wildman–Crippen LogP) is 2.35. The molecular weight excluding hydrogens is 260 g/mol. The minimum absolute atomic E-state index is 0.118. The number of rotatable bonds is 4. The largest absolute Gasteiger partial charge is 0.402 e. The van der Waals surface area contributed by atoms with Gasteiger partial charge in [-0.2, -0.15) is 0 Å². The highest BCUT2D eigenvalue weighted by atomic mass is 35.5. The van der Waals surface area contributed by atoms with Gasteiger partial charge in [0, 0.05) is 36.3 Å². The normalized spacial score (nSPS) is 19.3. The van der Waals surface area contributed by atoms with E-state index in [0.717, 1.165) is 43.1 Å². The molecule has 3 N–H and O–H groups in total. The van der Waals surface area contributed by atoms with Gasteiger partial charge in [0.2, 0.25) is 0 Å². The molecule has 3 nitrogen and oxygen atoms in total. The first-order valence-corrected chi connectivity index (χ1v) is 7.04. The highest BCUT2D eigenvalue weighted by molar-refractivity contribution is 6.30. The minimum atomic E-state index is -0.147. The van der Waals surface area contributed by atoms with Gasteiger partial charge in [-0.05, 0) is 30.5 Å². The maximum atomic E-state index is 9.53. The van der Waals surface area contributed by atoms with Crippen LogP contribution >= 0.6 is 11.6 Å². The van der Waals surface area contributed by atoms with Gasteiger partial charge in [0.05, 0.1) is 6.10 Å². The van der Waals surface area contributed by atoms with E-state index in [9.17, 15) is 5.11 Å². The van der Waals surface area contributed by atoms with Crippen molar-refractivity contribution in [1.82, 2.24) is 4.90 Å². The molecule has 0 saturated carbocycles. The van der Waals surface area contributed by atoms with Crippen molar-refractivity contribution < 1.29 is 5.11 Å². The third-order valence-corrected chi connectivity index (χ3v) is 3.97. The van der Waals surface area contributed by atoms with Crippen molar-refractivity contribution in [2.75, 3.05) is 19.6 Å². The van der Waals surface area contributed by atoms with Crippen molar-refractivity contribution in [3.8, 4) is 0 Å². The van der Waals surface area contributed by atoms with Gasteiger partial charge >= 0.3 is 0 Å². The molecule has 2 rings (SSSR count). The fourth-order valence-corrected chi connectivity index (χ4v) is 2.62. The van der Waals surface area contributed by atoms with Crippen molar-refractivity contribution in [2.24, 2.45) is 5.73 Å². The monoisotopic (exact) mass is 280 g/mol. The fraction of sp³-hybridized carbons (Fsp3) is 0.467. The van der Waals surface area contributed by atoms with E-state index in [0.29, 0.717) is 5.70 Å². The molecule has 1 aromatic rings. The molecule has 0 radical (unpaired) electrons. The Kier molecular flexibility index (Phi) is 4.86. The molecule has 104 valence electrons. The summed E-state index contributed by atoms with van der Waals surface area (Å²) in [5, 5.41) is 10.3. The molecule has 0 unspecified atom stereocenters. The van der Waals surface area contributed by atoms with Gasteiger partial charge in [-0.25, -0.2) is 0 Å². The summed E-state index contributed by atoms with van der Waals surface area (Å²) in [6.07, 6.45) is 1.53. The van der Waals surface area contributed by atoms with Crippen molar-refractivity contribution in [3.05, 3.63) is 47.1 Å². The van der Waals surface area contributed by atoms with E-state index in [1.807, 2.05) is 24.3 Å². The van der Waals surface area contributed by atoms with Crippen molar-refractivity contribution >= 4 is 11.6 Å². The molecule has 1 saturated heterocycles. The highest BCUT2D eigenvalue weighted by Crippen LogP contribution is 2.24. The molecule has 1 fully saturated rings. The maximum Gasteiger partial charge on any atom is 0.0564 e. The van der Waals surface area contributed by atoms with Crippen molar-refractivity contribution in [1.29, 1.82) is 0 Å². The van der Waals surface area contributed by atoms with Gasteiger partial charge in [-0.15, -0.1) is 0 Å². The Morgan fingerprint density at radius 1 is 1.37 bits per heavy atom. The van der Waals surface area contributed by atoms with Gasteiger partial charge < -0.3 is 15.7 Å². The molecular formula is C15H21ClN2O. The third-order valence-electron chi connectivity index (χ3n) is 3.72. The second-order valence-electron chi connectivity index (χ2n) is 5.21. The molecule has 19 heavy (non-hydrogen) atoms. The van der Waals surface area contributed by atoms with Crippen LogP contribution in [-0.4, -0.2) is 35.7 Å². The smallest absolute Gasteiger partial charge is 0.0564 e. The molecule has 0 spiro atoms. The number of hydrogen-bond donors (Lipinski definition) is 2. The summed E-state index contributed by atoms with van der Waals surface area (Å²) in [5.41, 5.74) is 7.76. The molecule has 1 aliphatic rings. The first-order chi connectivity index (χ1) is 9.06. The van der Waals surface area contributed by atoms with Crippen LogP contribution < -0.4 is 5.73 Å². The zero-order valence-corrected chi connectivity index (χ0v) is 11.8. The summed E-state index contributed by atoms with van der Waals surface area (Å²) >= 11 is 5.91. The summed E-state index contributed by atoms with van der Waals surface area (Å²) in [6, 6.07) is 7.77. The van der Waals surface area contributed by atoms with E-state index in [-0.39, 0.29) is 12.0 Å². The van der Waals surface area contributed by atoms with E-state index in [1.165, 1.54) is 0 Å². The molecule has 0 aliphatic carbocycles. The highest BCUT2D eigenvalue weighted by Gasteiger charge is 2.22. The van der Waals surface area contributed by atoms with Crippen LogP contribution in [0.1, 0.15) is 24.3 Å². The second-order valence-corrected chi connectivity index (χ2v) is 5.65. The molecule has 1 atom stereocenters. The van der Waals surface area contributed by atoms with Crippen molar-refractivity contribution in [3.63, 3.8) is 0 Å². The van der Waals surface area contributed by atoms with Crippen LogP contribution in [0.4, 0.5) is 0 Å². The predicted molar refractivity (Wildman–Crippen MR) is 79.2 cm³/mol. The van der Waals surface area contributed by atoms with Crippen molar-refractivity contribution in [2.45, 2.75) is 24.9 Å². The third kappa shape index (κ3) is 3.96. The van der Waals surface area contributed by atoms with Crippen LogP contribution in [0.5, 0.6) is 0 Å². The standard InChI is InChI=1S/C15H21ClN2O/c1-11(17)15(12-2-4-13(16)5-3-12)10-18-8-6-14(19)7-9-18/h2-5,14-15,19H,1,6-10,17H2/t15-/m0/s1. The molecule has 0 aromatic heterocycles. The molecule has 4 heteroatoms. The quantitative estimate of drug-likeness (QED) is 0.890. The molecule has 1 aromatic carbocycles. The van der Waals surface area contributed by atoms with Gasteiger partial charge in [0.25, 0.3) is 0 Å². The number of hydrogen-bond acceptors (Lipinski definition) is 3. The number of aliphatic hydroxyl groups excluding tert-OH is 1. The van der Waals surface area contributed by atoms with E-state index in [2.05, 4.69) is 11.5 Å². The number of nitrogens with two attached hydrogens (primary N) is 1. The molecule has 1 heterocycles. The average Bonchev–Trinajstić information content (AvgIpc) is 2.39. The minimum Gasteiger partial charge on any atom is -0.402 e. The van der Waals surface area contributed by atoms with Crippen LogP contribution in [-0.2, 0) is 0 Å². The zero-order valence-electron chi connectivity index (χ0n) is 11.1. The lowest BCUT2D eigenvalue weighted by Gasteiger charge is -2.32. The van der Waals surface area contributed by atoms with Crippen LogP contribution in [0.3, 0.4) is 0 Å². The second kappa shape index (κ2) is 6.42. The Morgan fingerprint density at radius 3 is 2.47 bits per heavy atom. The lowest BCUT2D eigenvalue weighted by atomic mass is 9.95. The van der Waals surface area contributed by atoms with E-state index in [4.69, 9.17) is 17.3 Å². The molecule has 0 bridgehead atoms. The van der Waals surface area contributed by atoms with Crippen LogP contribution in [0.25, 0.3) is 0 Å². The summed E-state index contributed by atoms with van der Waals surface area (Å²) in [7, 11) is 0. The molecule has 1 aliphatic heterocycles.